The van der Waals surface area contributed by atoms with Crippen molar-refractivity contribution in [3.05, 3.63) is 70.8 Å². The third-order valence-corrected chi connectivity index (χ3v) is 9.44. The average Bonchev–Trinajstić information content (AvgIpc) is 3.66. The number of carbonyl (C=O) groups is 1. The number of nitrogens with zero attached hydrogens (tertiary/aromatic N) is 5. The van der Waals surface area contributed by atoms with Crippen molar-refractivity contribution in [1.29, 1.82) is 0 Å². The molecular weight excluding hydrogens is 611 g/mol. The zero-order valence-electron chi connectivity index (χ0n) is 23.9. The molecule has 3 heterocycles. The molecule has 0 aliphatic carbocycles. The van der Waals surface area contributed by atoms with Crippen molar-refractivity contribution in [2.75, 3.05) is 49.0 Å². The van der Waals surface area contributed by atoms with Gasteiger partial charge in [-0.05, 0) is 86.9 Å². The monoisotopic (exact) mass is 644 g/mol. The molecule has 0 spiro atoms. The van der Waals surface area contributed by atoms with E-state index in [1.54, 1.807) is 18.2 Å². The molecule has 1 aliphatic rings. The highest BCUT2D eigenvalue weighted by atomic mass is 35.5. The molecule has 13 heteroatoms. The van der Waals surface area contributed by atoms with Crippen LogP contribution >= 0.6 is 23.2 Å². The number of carbonyl (C=O) groups excluding carboxylic acids is 1. The molecule has 228 valence electrons. The summed E-state index contributed by atoms with van der Waals surface area (Å²) in [6, 6.07) is 14.8. The van der Waals surface area contributed by atoms with E-state index in [1.165, 1.54) is 31.0 Å². The largest absolute Gasteiger partial charge is 0.464 e. The zero-order chi connectivity index (χ0) is 30.4. The lowest BCUT2D eigenvalue weighted by molar-refractivity contribution is -0.141. The van der Waals surface area contributed by atoms with Gasteiger partial charge in [0.1, 0.15) is 12.4 Å². The van der Waals surface area contributed by atoms with Gasteiger partial charge in [-0.3, -0.25) is 13.7 Å². The quantitative estimate of drug-likeness (QED) is 0.144. The molecule has 0 unspecified atom stereocenters. The summed E-state index contributed by atoms with van der Waals surface area (Å²) < 4.78 is 35.8. The molecule has 1 fully saturated rings. The average molecular weight is 646 g/mol. The lowest BCUT2D eigenvalue weighted by Crippen LogP contribution is -2.36. The van der Waals surface area contributed by atoms with Gasteiger partial charge in [-0.25, -0.2) is 8.42 Å². The van der Waals surface area contributed by atoms with Crippen LogP contribution in [-0.2, 0) is 19.6 Å². The third kappa shape index (κ3) is 7.59. The first-order valence-corrected chi connectivity index (χ1v) is 16.5. The van der Waals surface area contributed by atoms with E-state index in [2.05, 4.69) is 20.4 Å². The van der Waals surface area contributed by atoms with Gasteiger partial charge < -0.3 is 15.0 Å². The smallest absolute Gasteiger partial charge is 0.326 e. The van der Waals surface area contributed by atoms with Gasteiger partial charge in [0.05, 0.1) is 22.7 Å². The van der Waals surface area contributed by atoms with Gasteiger partial charge >= 0.3 is 5.97 Å². The second-order valence-corrected chi connectivity index (χ2v) is 13.1. The van der Waals surface area contributed by atoms with Gasteiger partial charge in [0.25, 0.3) is 10.0 Å². The summed E-state index contributed by atoms with van der Waals surface area (Å²) in [6.45, 7) is 5.74. The van der Waals surface area contributed by atoms with Crippen LogP contribution in [0.5, 0.6) is 0 Å². The fourth-order valence-electron chi connectivity index (χ4n) is 4.99. The third-order valence-electron chi connectivity index (χ3n) is 7.25. The number of hydrogen-bond donors (Lipinski definition) is 1. The summed E-state index contributed by atoms with van der Waals surface area (Å²) in [5, 5.41) is 13.1. The summed E-state index contributed by atoms with van der Waals surface area (Å²) >= 11 is 12.2. The predicted octanol–water partition coefficient (Wildman–Crippen LogP) is 5.77. The molecule has 0 saturated carbocycles. The SMILES string of the molecule is CCCCOC(=O)CN(c1ccc2c(ccn2-c2ccc(NCCN3CCCC3)nn2)c1)S(=O)(=O)c1cc(Cl)cc(Cl)c1. The minimum atomic E-state index is -4.23. The molecule has 1 aliphatic heterocycles. The Bertz CT molecular complexity index is 1650. The van der Waals surface area contributed by atoms with Crippen LogP contribution < -0.4 is 9.62 Å². The fraction of sp³-hybridized carbons (Fsp3) is 0.367. The highest BCUT2D eigenvalue weighted by Gasteiger charge is 2.29. The second kappa shape index (κ2) is 13.9. The first kappa shape index (κ1) is 31.1. The highest BCUT2D eigenvalue weighted by molar-refractivity contribution is 7.92. The van der Waals surface area contributed by atoms with Crippen molar-refractivity contribution in [2.24, 2.45) is 0 Å². The Hall–Kier alpha value is -3.38. The Balaban J connectivity index is 1.39. The number of fused-ring (bicyclic) bond motifs is 1. The molecule has 4 aromatic rings. The number of halogens is 2. The van der Waals surface area contributed by atoms with Gasteiger partial charge in [-0.1, -0.05) is 36.5 Å². The molecule has 0 bridgehead atoms. The number of benzene rings is 2. The van der Waals surface area contributed by atoms with Crippen LogP contribution in [0.4, 0.5) is 11.5 Å². The van der Waals surface area contributed by atoms with Crippen molar-refractivity contribution in [1.82, 2.24) is 19.7 Å². The summed E-state index contributed by atoms with van der Waals surface area (Å²) in [6.07, 6.45) is 5.88. The van der Waals surface area contributed by atoms with Crippen LogP contribution in [0.25, 0.3) is 16.7 Å². The summed E-state index contributed by atoms with van der Waals surface area (Å²) in [4.78, 5) is 15.0. The maximum absolute atomic E-state index is 13.8. The topological polar surface area (TPSA) is 110 Å². The first-order valence-electron chi connectivity index (χ1n) is 14.3. The normalized spacial score (nSPS) is 13.8. The number of nitrogens with one attached hydrogen (secondary N) is 1. The number of ether oxygens (including phenoxy) is 1. The van der Waals surface area contributed by atoms with Gasteiger partial charge in [0.15, 0.2) is 5.82 Å². The molecule has 5 rings (SSSR count). The Morgan fingerprint density at radius 3 is 2.49 bits per heavy atom. The van der Waals surface area contributed by atoms with Crippen LogP contribution in [0.15, 0.2) is 65.7 Å². The van der Waals surface area contributed by atoms with Crippen LogP contribution in [0.3, 0.4) is 0 Å². The Kier molecular flexibility index (Phi) is 10.1. The molecule has 2 aromatic heterocycles. The van der Waals surface area contributed by atoms with E-state index in [0.717, 1.165) is 47.8 Å². The molecule has 1 N–H and O–H groups in total. The van der Waals surface area contributed by atoms with Crippen molar-refractivity contribution in [3.63, 3.8) is 0 Å². The van der Waals surface area contributed by atoms with E-state index in [0.29, 0.717) is 18.1 Å². The number of aromatic nitrogens is 3. The Morgan fingerprint density at radius 1 is 1.02 bits per heavy atom. The molecule has 10 nitrogen and oxygen atoms in total. The standard InChI is InChI=1S/C30H34Cl2N6O4S/c1-2-3-16-42-30(39)21-38(43(40,41)26-19-23(31)18-24(32)20-26)25-6-7-27-22(17-25)10-14-37(27)29-9-8-28(34-35-29)33-11-15-36-12-4-5-13-36/h6-10,14,17-20H,2-5,11-13,15-16,21H2,1H3,(H,33,34). The van der Waals surface area contributed by atoms with Crippen molar-refractivity contribution in [3.8, 4) is 5.82 Å². The number of rotatable bonds is 13. The lowest BCUT2D eigenvalue weighted by atomic mass is 10.2. The zero-order valence-corrected chi connectivity index (χ0v) is 26.2. The summed E-state index contributed by atoms with van der Waals surface area (Å²) in [7, 11) is -4.23. The number of sulfonamides is 1. The summed E-state index contributed by atoms with van der Waals surface area (Å²) in [5.74, 6) is 0.659. The number of unbranched alkanes of at least 4 members (excludes halogenated alkanes) is 1. The van der Waals surface area contributed by atoms with Gasteiger partial charge in [-0.15, -0.1) is 10.2 Å². The van der Waals surface area contributed by atoms with Gasteiger partial charge in [0.2, 0.25) is 0 Å². The Morgan fingerprint density at radius 2 is 1.79 bits per heavy atom. The van der Waals surface area contributed by atoms with Crippen LogP contribution in [0.2, 0.25) is 10.0 Å². The molecule has 0 radical (unpaired) electrons. The first-order chi connectivity index (χ1) is 20.7. The van der Waals surface area contributed by atoms with Crippen LogP contribution in [0.1, 0.15) is 32.6 Å². The maximum Gasteiger partial charge on any atom is 0.326 e. The van der Waals surface area contributed by atoms with Crippen LogP contribution in [-0.4, -0.2) is 73.4 Å². The van der Waals surface area contributed by atoms with E-state index in [4.69, 9.17) is 27.9 Å². The molecule has 0 amide bonds. The predicted molar refractivity (Wildman–Crippen MR) is 170 cm³/mol. The maximum atomic E-state index is 13.8. The lowest BCUT2D eigenvalue weighted by Gasteiger charge is -2.24. The molecule has 1 saturated heterocycles. The highest BCUT2D eigenvalue weighted by Crippen LogP contribution is 2.31. The number of likely N-dealkylation sites (tertiary alicyclic amines) is 1. The van der Waals surface area contributed by atoms with E-state index < -0.39 is 22.5 Å². The fourth-order valence-corrected chi connectivity index (χ4v) is 7.12. The number of anilines is 2. The van der Waals surface area contributed by atoms with E-state index in [-0.39, 0.29) is 27.2 Å². The Labute approximate surface area is 261 Å². The minimum Gasteiger partial charge on any atom is -0.464 e. The van der Waals surface area contributed by atoms with E-state index in [1.807, 2.05) is 35.9 Å². The molecule has 43 heavy (non-hydrogen) atoms. The number of hydrogen-bond acceptors (Lipinski definition) is 8. The van der Waals surface area contributed by atoms with Gasteiger partial charge in [-0.2, -0.15) is 0 Å². The van der Waals surface area contributed by atoms with E-state index in [9.17, 15) is 13.2 Å². The van der Waals surface area contributed by atoms with Crippen molar-refractivity contribution in [2.45, 2.75) is 37.5 Å². The molecular formula is C30H34Cl2N6O4S. The van der Waals surface area contributed by atoms with Crippen molar-refractivity contribution >= 4 is 61.6 Å². The minimum absolute atomic E-state index is 0.131. The summed E-state index contributed by atoms with van der Waals surface area (Å²) in [5.41, 5.74) is 1.08. The molecule has 0 atom stereocenters. The van der Waals surface area contributed by atoms with Crippen molar-refractivity contribution < 1.29 is 17.9 Å². The van der Waals surface area contributed by atoms with Crippen LogP contribution in [0, 0.1) is 0 Å². The van der Waals surface area contributed by atoms with E-state index >= 15 is 0 Å². The number of esters is 1. The second-order valence-electron chi connectivity index (χ2n) is 10.4. The molecule has 2 aromatic carbocycles. The van der Waals surface area contributed by atoms with Gasteiger partial charge in [0, 0.05) is 34.7 Å².